The number of rotatable bonds is 6. The van der Waals surface area contributed by atoms with Crippen molar-refractivity contribution in [3.8, 4) is 0 Å². The third-order valence-corrected chi connectivity index (χ3v) is 6.03. The SMILES string of the molecule is CC(O)[C@H]1C(=O)N2C(OC(=O)O)=C(SCCn3ccnn3)S[C@H]12. The summed E-state index contributed by atoms with van der Waals surface area (Å²) in [6, 6.07) is 0. The largest absolute Gasteiger partial charge is 0.512 e. The van der Waals surface area contributed by atoms with E-state index in [0.717, 1.165) is 0 Å². The number of hydrogen-bond donors (Lipinski definition) is 2. The van der Waals surface area contributed by atoms with Crippen molar-refractivity contribution in [2.45, 2.75) is 24.9 Å². The zero-order valence-corrected chi connectivity index (χ0v) is 13.7. The Morgan fingerprint density at radius 1 is 1.61 bits per heavy atom. The van der Waals surface area contributed by atoms with Gasteiger partial charge in [0.25, 0.3) is 0 Å². The van der Waals surface area contributed by atoms with Crippen LogP contribution in [0.15, 0.2) is 22.5 Å². The van der Waals surface area contributed by atoms with Gasteiger partial charge in [-0.25, -0.2) is 4.79 Å². The van der Waals surface area contributed by atoms with Crippen molar-refractivity contribution in [1.82, 2.24) is 19.9 Å². The van der Waals surface area contributed by atoms with Gasteiger partial charge in [0.2, 0.25) is 11.8 Å². The number of β-lactam (4-membered cyclic amide) rings is 1. The molecular formula is C12H14N4O5S2. The number of carbonyl (C=O) groups is 2. The second-order valence-corrected chi connectivity index (χ2v) is 7.45. The fraction of sp³-hybridized carbons (Fsp3) is 0.500. The van der Waals surface area contributed by atoms with Crippen LogP contribution in [0.2, 0.25) is 0 Å². The summed E-state index contributed by atoms with van der Waals surface area (Å²) < 4.78 is 7.06. The molecule has 2 aliphatic heterocycles. The molecule has 1 fully saturated rings. The topological polar surface area (TPSA) is 118 Å². The van der Waals surface area contributed by atoms with E-state index in [2.05, 4.69) is 10.3 Å². The molecule has 3 heterocycles. The summed E-state index contributed by atoms with van der Waals surface area (Å²) in [5.41, 5.74) is 0. The minimum Gasteiger partial charge on any atom is -0.449 e. The lowest BCUT2D eigenvalue weighted by Crippen LogP contribution is -2.60. The van der Waals surface area contributed by atoms with Crippen molar-refractivity contribution in [3.63, 3.8) is 0 Å². The van der Waals surface area contributed by atoms with Crippen molar-refractivity contribution in [2.75, 3.05) is 5.75 Å². The smallest absolute Gasteiger partial charge is 0.449 e. The molecule has 3 atom stereocenters. The Labute approximate surface area is 139 Å². The number of aryl methyl sites for hydroxylation is 1. The molecule has 0 radical (unpaired) electrons. The van der Waals surface area contributed by atoms with Gasteiger partial charge in [-0.2, -0.15) is 0 Å². The first-order chi connectivity index (χ1) is 11.0. The van der Waals surface area contributed by atoms with Crippen LogP contribution in [-0.2, 0) is 16.1 Å². The van der Waals surface area contributed by atoms with Crippen molar-refractivity contribution in [2.24, 2.45) is 5.92 Å². The predicted octanol–water partition coefficient (Wildman–Crippen LogP) is 0.745. The Bertz CT molecular complexity index is 648. The molecule has 0 bridgehead atoms. The summed E-state index contributed by atoms with van der Waals surface area (Å²) in [6.07, 6.45) is 1.04. The molecular weight excluding hydrogens is 344 g/mol. The van der Waals surface area contributed by atoms with Crippen LogP contribution in [0, 0.1) is 5.92 Å². The van der Waals surface area contributed by atoms with E-state index in [9.17, 15) is 14.7 Å². The van der Waals surface area contributed by atoms with E-state index >= 15 is 0 Å². The van der Waals surface area contributed by atoms with Crippen molar-refractivity contribution in [3.05, 3.63) is 22.5 Å². The number of amides is 1. The summed E-state index contributed by atoms with van der Waals surface area (Å²) >= 11 is 2.73. The molecule has 11 heteroatoms. The first-order valence-electron chi connectivity index (χ1n) is 6.78. The van der Waals surface area contributed by atoms with Crippen LogP contribution in [-0.4, -0.2) is 59.4 Å². The van der Waals surface area contributed by atoms with Crippen LogP contribution < -0.4 is 0 Å². The van der Waals surface area contributed by atoms with Crippen LogP contribution >= 0.6 is 23.5 Å². The minimum absolute atomic E-state index is 0.0398. The molecule has 1 unspecified atom stereocenters. The summed E-state index contributed by atoms with van der Waals surface area (Å²) in [4.78, 5) is 24.3. The number of nitrogens with zero attached hydrogens (tertiary/aromatic N) is 4. The fourth-order valence-electron chi connectivity index (χ4n) is 2.38. The van der Waals surface area contributed by atoms with Gasteiger partial charge in [-0.1, -0.05) is 17.0 Å². The lowest BCUT2D eigenvalue weighted by molar-refractivity contribution is -0.155. The highest BCUT2D eigenvalue weighted by molar-refractivity contribution is 8.22. The Morgan fingerprint density at radius 2 is 2.39 bits per heavy atom. The molecule has 1 saturated heterocycles. The Morgan fingerprint density at radius 3 is 3.00 bits per heavy atom. The van der Waals surface area contributed by atoms with E-state index in [-0.39, 0.29) is 17.2 Å². The number of hydrogen-bond acceptors (Lipinski definition) is 8. The Kier molecular flexibility index (Phi) is 4.50. The molecule has 0 aromatic carbocycles. The number of aliphatic hydroxyl groups excluding tert-OH is 1. The summed E-state index contributed by atoms with van der Waals surface area (Å²) in [5, 5.41) is 25.8. The number of carbonyl (C=O) groups excluding carboxylic acids is 1. The molecule has 0 spiro atoms. The molecule has 124 valence electrons. The quantitative estimate of drug-likeness (QED) is 0.561. The maximum Gasteiger partial charge on any atom is 0.512 e. The van der Waals surface area contributed by atoms with Gasteiger partial charge >= 0.3 is 6.16 Å². The number of aromatic nitrogens is 3. The molecule has 0 saturated carbocycles. The third-order valence-electron chi connectivity index (χ3n) is 3.43. The van der Waals surface area contributed by atoms with E-state index in [1.807, 2.05) is 0 Å². The molecule has 0 aliphatic carbocycles. The highest BCUT2D eigenvalue weighted by Gasteiger charge is 2.57. The van der Waals surface area contributed by atoms with Crippen LogP contribution in [0.25, 0.3) is 0 Å². The van der Waals surface area contributed by atoms with Gasteiger partial charge in [0, 0.05) is 11.9 Å². The monoisotopic (exact) mass is 358 g/mol. The second kappa shape index (κ2) is 6.42. The summed E-state index contributed by atoms with van der Waals surface area (Å²) in [7, 11) is 0. The summed E-state index contributed by atoms with van der Waals surface area (Å²) in [5.74, 6) is -0.203. The second-order valence-electron chi connectivity index (χ2n) is 4.96. The zero-order chi connectivity index (χ0) is 16.6. The van der Waals surface area contributed by atoms with Crippen molar-refractivity contribution >= 4 is 35.6 Å². The van der Waals surface area contributed by atoms with E-state index in [0.29, 0.717) is 16.5 Å². The molecule has 9 nitrogen and oxygen atoms in total. The molecule has 3 rings (SSSR count). The van der Waals surface area contributed by atoms with Crippen LogP contribution in [0.5, 0.6) is 0 Å². The van der Waals surface area contributed by atoms with Crippen LogP contribution in [0.4, 0.5) is 4.79 Å². The number of fused-ring (bicyclic) bond motifs is 1. The van der Waals surface area contributed by atoms with Gasteiger partial charge in [0.05, 0.1) is 24.8 Å². The Balaban J connectivity index is 1.69. The minimum atomic E-state index is -1.47. The molecule has 1 aromatic heterocycles. The molecule has 2 aliphatic rings. The van der Waals surface area contributed by atoms with Gasteiger partial charge in [0.15, 0.2) is 0 Å². The highest BCUT2D eigenvalue weighted by atomic mass is 32.2. The standard InChI is InChI=1S/C12H14N4O5S2/c1-6(17)7-8(18)16-9(21-12(19)20)11(23-10(7)16)22-5-4-15-3-2-13-14-15/h2-3,6-7,10,17H,4-5H2,1H3,(H,19,20)/t6?,7-,10+/m0/s1. The maximum absolute atomic E-state index is 12.1. The average molecular weight is 358 g/mol. The highest BCUT2D eigenvalue weighted by Crippen LogP contribution is 2.53. The summed E-state index contributed by atoms with van der Waals surface area (Å²) in [6.45, 7) is 2.14. The van der Waals surface area contributed by atoms with Crippen molar-refractivity contribution in [1.29, 1.82) is 0 Å². The number of aliphatic hydroxyl groups is 1. The molecule has 1 aromatic rings. The maximum atomic E-state index is 12.1. The Hall–Kier alpha value is -1.72. The normalized spacial score (nSPS) is 24.4. The lowest BCUT2D eigenvalue weighted by Gasteiger charge is -2.43. The van der Waals surface area contributed by atoms with Gasteiger partial charge in [-0.15, -0.1) is 16.9 Å². The van der Waals surface area contributed by atoms with Crippen LogP contribution in [0.3, 0.4) is 0 Å². The van der Waals surface area contributed by atoms with Crippen LogP contribution in [0.1, 0.15) is 6.92 Å². The lowest BCUT2D eigenvalue weighted by atomic mass is 9.93. The predicted molar refractivity (Wildman–Crippen MR) is 82.0 cm³/mol. The number of thioether (sulfide) groups is 2. The average Bonchev–Trinajstić information content (AvgIpc) is 3.05. The van der Waals surface area contributed by atoms with Crippen molar-refractivity contribution < 1.29 is 24.5 Å². The fourth-order valence-corrected chi connectivity index (χ4v) is 5.19. The number of carboxylic acid groups (broad SMARTS) is 1. The third kappa shape index (κ3) is 3.03. The van der Waals surface area contributed by atoms with Gasteiger partial charge in [0.1, 0.15) is 9.61 Å². The first kappa shape index (κ1) is 16.1. The molecule has 23 heavy (non-hydrogen) atoms. The van der Waals surface area contributed by atoms with E-state index in [1.165, 1.54) is 28.4 Å². The zero-order valence-electron chi connectivity index (χ0n) is 12.0. The molecule has 1 amide bonds. The first-order valence-corrected chi connectivity index (χ1v) is 8.65. The van der Waals surface area contributed by atoms with Gasteiger partial charge in [-0.3, -0.25) is 14.4 Å². The van der Waals surface area contributed by atoms with Gasteiger partial charge < -0.3 is 14.9 Å². The van der Waals surface area contributed by atoms with Gasteiger partial charge in [-0.05, 0) is 6.92 Å². The molecule has 2 N–H and O–H groups in total. The van der Waals surface area contributed by atoms with E-state index in [4.69, 9.17) is 9.84 Å². The van der Waals surface area contributed by atoms with E-state index in [1.54, 1.807) is 24.0 Å². The number of ether oxygens (including phenoxy) is 1. The van der Waals surface area contributed by atoms with E-state index < -0.39 is 18.2 Å².